The summed E-state index contributed by atoms with van der Waals surface area (Å²) < 4.78 is 3.21. The highest BCUT2D eigenvalue weighted by atomic mass is 79.9. The standard InChI is InChI=1S/C18H22BrN3S/c1-6-13(7-2)14-8-10(3)21-22-16(12(5)20-18(14)22)17-11(4)15(19)9-23-17/h8-9,13H,6-7H2,1-5H3. The van der Waals surface area contributed by atoms with Crippen molar-refractivity contribution < 1.29 is 0 Å². The predicted molar refractivity (Wildman–Crippen MR) is 102 cm³/mol. The molecule has 0 unspecified atom stereocenters. The van der Waals surface area contributed by atoms with E-state index in [-0.39, 0.29) is 0 Å². The normalized spacial score (nSPS) is 11.8. The first kappa shape index (κ1) is 16.7. The van der Waals surface area contributed by atoms with Gasteiger partial charge in [0.05, 0.1) is 16.3 Å². The summed E-state index contributed by atoms with van der Waals surface area (Å²) in [4.78, 5) is 6.14. The molecule has 0 N–H and O–H groups in total. The second-order valence-electron chi connectivity index (χ2n) is 6.07. The van der Waals surface area contributed by atoms with Crippen molar-refractivity contribution >= 4 is 32.9 Å². The summed E-state index contributed by atoms with van der Waals surface area (Å²) in [5.74, 6) is 0.532. The van der Waals surface area contributed by atoms with E-state index in [1.807, 2.05) is 0 Å². The van der Waals surface area contributed by atoms with Crippen LogP contribution in [0.1, 0.15) is 55.1 Å². The number of aromatic nitrogens is 3. The third-order valence-electron chi connectivity index (χ3n) is 4.53. The zero-order chi connectivity index (χ0) is 16.7. The maximum absolute atomic E-state index is 4.89. The van der Waals surface area contributed by atoms with Gasteiger partial charge in [0.1, 0.15) is 5.69 Å². The smallest absolute Gasteiger partial charge is 0.158 e. The van der Waals surface area contributed by atoms with E-state index in [1.54, 1.807) is 11.3 Å². The van der Waals surface area contributed by atoms with Crippen molar-refractivity contribution in [2.75, 3.05) is 0 Å². The van der Waals surface area contributed by atoms with Crippen LogP contribution in [0, 0.1) is 20.8 Å². The summed E-state index contributed by atoms with van der Waals surface area (Å²) in [5, 5.41) is 6.92. The Bertz CT molecular complexity index is 859. The van der Waals surface area contributed by atoms with Crippen molar-refractivity contribution in [3.8, 4) is 10.6 Å². The Hall–Kier alpha value is -1.20. The lowest BCUT2D eigenvalue weighted by molar-refractivity contribution is 0.638. The quantitative estimate of drug-likeness (QED) is 0.541. The van der Waals surface area contributed by atoms with Gasteiger partial charge in [-0.3, -0.25) is 0 Å². The van der Waals surface area contributed by atoms with E-state index >= 15 is 0 Å². The van der Waals surface area contributed by atoms with Gasteiger partial charge in [-0.05, 0) is 67.1 Å². The van der Waals surface area contributed by atoms with Crippen molar-refractivity contribution in [2.24, 2.45) is 0 Å². The van der Waals surface area contributed by atoms with Crippen LogP contribution in [0.5, 0.6) is 0 Å². The molecule has 3 aromatic rings. The Balaban J connectivity index is 2.33. The van der Waals surface area contributed by atoms with Gasteiger partial charge in [-0.1, -0.05) is 13.8 Å². The van der Waals surface area contributed by atoms with Gasteiger partial charge >= 0.3 is 0 Å². The van der Waals surface area contributed by atoms with E-state index in [0.29, 0.717) is 5.92 Å². The van der Waals surface area contributed by atoms with E-state index in [4.69, 9.17) is 10.1 Å². The monoisotopic (exact) mass is 391 g/mol. The first-order valence-electron chi connectivity index (χ1n) is 8.08. The highest BCUT2D eigenvalue weighted by Crippen LogP contribution is 2.38. The third kappa shape index (κ3) is 2.74. The summed E-state index contributed by atoms with van der Waals surface area (Å²) in [6, 6.07) is 2.21. The first-order chi connectivity index (χ1) is 11.0. The summed E-state index contributed by atoms with van der Waals surface area (Å²) >= 11 is 5.37. The molecule has 0 amide bonds. The molecule has 0 radical (unpaired) electrons. The van der Waals surface area contributed by atoms with Crippen molar-refractivity contribution in [1.29, 1.82) is 0 Å². The molecule has 0 bridgehead atoms. The van der Waals surface area contributed by atoms with Crippen LogP contribution in [0.25, 0.3) is 16.2 Å². The maximum Gasteiger partial charge on any atom is 0.158 e. The number of aryl methyl sites for hydroxylation is 2. The molecule has 0 fully saturated rings. The van der Waals surface area contributed by atoms with Crippen LogP contribution in [-0.2, 0) is 0 Å². The lowest BCUT2D eigenvalue weighted by Crippen LogP contribution is -2.05. The first-order valence-corrected chi connectivity index (χ1v) is 9.75. The average molecular weight is 392 g/mol. The van der Waals surface area contributed by atoms with Crippen LogP contribution in [0.4, 0.5) is 0 Å². The Kier molecular flexibility index (Phi) is 4.61. The Morgan fingerprint density at radius 3 is 2.48 bits per heavy atom. The summed E-state index contributed by atoms with van der Waals surface area (Å²) in [7, 11) is 0. The Morgan fingerprint density at radius 1 is 1.22 bits per heavy atom. The maximum atomic E-state index is 4.89. The van der Waals surface area contributed by atoms with Crippen LogP contribution in [0.3, 0.4) is 0 Å². The molecule has 3 rings (SSSR count). The highest BCUT2D eigenvalue weighted by Gasteiger charge is 2.21. The van der Waals surface area contributed by atoms with Gasteiger partial charge in [0, 0.05) is 15.4 Å². The van der Waals surface area contributed by atoms with Crippen LogP contribution in [0.15, 0.2) is 15.9 Å². The third-order valence-corrected chi connectivity index (χ3v) is 6.74. The molecular formula is C18H22BrN3S. The van der Waals surface area contributed by atoms with E-state index in [2.05, 4.69) is 66.5 Å². The zero-order valence-electron chi connectivity index (χ0n) is 14.3. The molecule has 0 saturated carbocycles. The van der Waals surface area contributed by atoms with Crippen LogP contribution in [0.2, 0.25) is 0 Å². The molecule has 0 spiro atoms. The van der Waals surface area contributed by atoms with Crippen molar-refractivity contribution in [1.82, 2.24) is 14.6 Å². The highest BCUT2D eigenvalue weighted by molar-refractivity contribution is 9.10. The minimum Gasteiger partial charge on any atom is -0.231 e. The molecule has 0 atom stereocenters. The largest absolute Gasteiger partial charge is 0.231 e. The van der Waals surface area contributed by atoms with E-state index in [1.165, 1.54) is 16.0 Å². The van der Waals surface area contributed by atoms with Gasteiger partial charge < -0.3 is 0 Å². The van der Waals surface area contributed by atoms with Crippen molar-refractivity contribution in [2.45, 2.75) is 53.4 Å². The number of fused-ring (bicyclic) bond motifs is 1. The molecular weight excluding hydrogens is 370 g/mol. The molecule has 0 aliphatic heterocycles. The number of hydrogen-bond acceptors (Lipinski definition) is 3. The fourth-order valence-corrected chi connectivity index (χ4v) is 4.84. The molecule has 3 nitrogen and oxygen atoms in total. The fraction of sp³-hybridized carbons (Fsp3) is 0.444. The summed E-state index contributed by atoms with van der Waals surface area (Å²) in [5.41, 5.74) is 6.82. The van der Waals surface area contributed by atoms with Crippen molar-refractivity contribution in [3.05, 3.63) is 38.4 Å². The van der Waals surface area contributed by atoms with Crippen molar-refractivity contribution in [3.63, 3.8) is 0 Å². The van der Waals surface area contributed by atoms with Gasteiger partial charge in [-0.25, -0.2) is 9.50 Å². The molecule has 3 aromatic heterocycles. The summed E-state index contributed by atoms with van der Waals surface area (Å²) in [6.45, 7) is 10.8. The van der Waals surface area contributed by atoms with Gasteiger partial charge in [0.2, 0.25) is 0 Å². The average Bonchev–Trinajstić information content (AvgIpc) is 3.01. The SMILES string of the molecule is CCC(CC)c1cc(C)nn2c(-c3scc(Br)c3C)c(C)nc12. The van der Waals surface area contributed by atoms with Crippen LogP contribution >= 0.6 is 27.3 Å². The fourth-order valence-electron chi connectivity index (χ4n) is 3.20. The number of halogens is 1. The molecule has 0 aliphatic rings. The number of nitrogens with zero attached hydrogens (tertiary/aromatic N) is 3. The van der Waals surface area contributed by atoms with E-state index in [9.17, 15) is 0 Å². The topological polar surface area (TPSA) is 30.2 Å². The molecule has 23 heavy (non-hydrogen) atoms. The summed E-state index contributed by atoms with van der Waals surface area (Å²) in [6.07, 6.45) is 2.25. The van der Waals surface area contributed by atoms with Crippen LogP contribution in [-0.4, -0.2) is 14.6 Å². The second kappa shape index (κ2) is 6.36. The molecule has 0 aromatic carbocycles. The van der Waals surface area contributed by atoms with Gasteiger partial charge in [-0.15, -0.1) is 11.3 Å². The lowest BCUT2D eigenvalue weighted by atomic mass is 9.95. The predicted octanol–water partition coefficient (Wildman–Crippen LogP) is 6.05. The Labute approximate surface area is 149 Å². The molecule has 0 saturated heterocycles. The Morgan fingerprint density at radius 2 is 1.91 bits per heavy atom. The van der Waals surface area contributed by atoms with Gasteiger partial charge in [-0.2, -0.15) is 5.10 Å². The minimum atomic E-state index is 0.532. The van der Waals surface area contributed by atoms with Gasteiger partial charge in [0.15, 0.2) is 5.65 Å². The molecule has 3 heterocycles. The number of thiophene rings is 1. The van der Waals surface area contributed by atoms with E-state index in [0.717, 1.165) is 40.0 Å². The molecule has 0 aliphatic carbocycles. The number of rotatable bonds is 4. The number of hydrogen-bond donors (Lipinski definition) is 0. The zero-order valence-corrected chi connectivity index (χ0v) is 16.7. The molecule has 122 valence electrons. The number of imidazole rings is 1. The molecule has 5 heteroatoms. The van der Waals surface area contributed by atoms with Gasteiger partial charge in [0.25, 0.3) is 0 Å². The minimum absolute atomic E-state index is 0.532. The second-order valence-corrected chi connectivity index (χ2v) is 7.81. The van der Waals surface area contributed by atoms with Crippen LogP contribution < -0.4 is 0 Å². The lowest BCUT2D eigenvalue weighted by Gasteiger charge is -2.14. The van der Waals surface area contributed by atoms with E-state index < -0.39 is 0 Å².